The first kappa shape index (κ1) is 13.2. The van der Waals surface area contributed by atoms with Crippen LogP contribution in [-0.4, -0.2) is 23.5 Å². The van der Waals surface area contributed by atoms with Crippen LogP contribution in [0.3, 0.4) is 0 Å². The van der Waals surface area contributed by atoms with Crippen molar-refractivity contribution >= 4 is 11.8 Å². The molecule has 0 saturated carbocycles. The number of carbonyl (C=O) groups is 2. The summed E-state index contributed by atoms with van der Waals surface area (Å²) in [5.41, 5.74) is -0.563. The molecular formula is C11H10F2O4. The predicted octanol–water partition coefficient (Wildman–Crippen LogP) is 1.20. The average molecular weight is 244 g/mol. The number of hydrogen-bond donors (Lipinski definition) is 1. The molecule has 0 atom stereocenters. The molecule has 0 amide bonds. The zero-order valence-corrected chi connectivity index (χ0v) is 9.00. The Labute approximate surface area is 95.8 Å². The second-order valence-electron chi connectivity index (χ2n) is 3.13. The lowest BCUT2D eigenvalue weighted by atomic mass is 10.0. The predicted molar refractivity (Wildman–Crippen MR) is 53.2 cm³/mol. The van der Waals surface area contributed by atoms with Gasteiger partial charge in [0.2, 0.25) is 0 Å². The van der Waals surface area contributed by atoms with Crippen LogP contribution in [0.2, 0.25) is 0 Å². The summed E-state index contributed by atoms with van der Waals surface area (Å²) in [6.45, 7) is 0.809. The maximum absolute atomic E-state index is 12.9. The quantitative estimate of drug-likeness (QED) is 0.491. The molecule has 1 aromatic rings. The summed E-state index contributed by atoms with van der Waals surface area (Å²) in [4.78, 5) is 22.6. The second kappa shape index (κ2) is 5.49. The molecule has 1 N–H and O–H groups in total. The van der Waals surface area contributed by atoms with Crippen molar-refractivity contribution in [3.05, 3.63) is 34.9 Å². The van der Waals surface area contributed by atoms with Gasteiger partial charge in [0.1, 0.15) is 0 Å². The molecule has 0 saturated heterocycles. The number of halogens is 2. The molecule has 0 aromatic heterocycles. The van der Waals surface area contributed by atoms with Crippen molar-refractivity contribution in [1.82, 2.24) is 0 Å². The molecule has 4 nitrogen and oxygen atoms in total. The highest BCUT2D eigenvalue weighted by molar-refractivity contribution is 6.41. The van der Waals surface area contributed by atoms with Gasteiger partial charge in [0.05, 0.1) is 13.2 Å². The summed E-state index contributed by atoms with van der Waals surface area (Å²) in [6.07, 6.45) is 0. The Morgan fingerprint density at radius 1 is 1.29 bits per heavy atom. The molecule has 0 aliphatic rings. The van der Waals surface area contributed by atoms with Crippen molar-refractivity contribution in [2.24, 2.45) is 0 Å². The van der Waals surface area contributed by atoms with Gasteiger partial charge >= 0.3 is 5.97 Å². The first-order valence-electron chi connectivity index (χ1n) is 4.81. The van der Waals surface area contributed by atoms with Crippen molar-refractivity contribution in [3.8, 4) is 0 Å². The fourth-order valence-electron chi connectivity index (χ4n) is 1.24. The molecule has 1 aromatic carbocycles. The number of aliphatic hydroxyl groups is 1. The van der Waals surface area contributed by atoms with Gasteiger partial charge in [-0.05, 0) is 24.6 Å². The minimum Gasteiger partial charge on any atom is -0.460 e. The number of rotatable bonds is 4. The van der Waals surface area contributed by atoms with Crippen molar-refractivity contribution < 1.29 is 28.2 Å². The van der Waals surface area contributed by atoms with Crippen molar-refractivity contribution in [3.63, 3.8) is 0 Å². The minimum atomic E-state index is -1.27. The molecule has 0 fully saturated rings. The smallest absolute Gasteiger partial charge is 0.379 e. The first-order valence-corrected chi connectivity index (χ1v) is 4.81. The van der Waals surface area contributed by atoms with Gasteiger partial charge in [0.15, 0.2) is 11.6 Å². The Hall–Kier alpha value is -1.82. The Bertz CT molecular complexity index is 457. The number of carbonyl (C=O) groups excluding carboxylic acids is 2. The zero-order chi connectivity index (χ0) is 13.0. The number of hydrogen-bond acceptors (Lipinski definition) is 4. The average Bonchev–Trinajstić information content (AvgIpc) is 2.31. The van der Waals surface area contributed by atoms with Gasteiger partial charge < -0.3 is 9.84 Å². The summed E-state index contributed by atoms with van der Waals surface area (Å²) in [7, 11) is 0. The number of aliphatic hydroxyl groups excluding tert-OH is 1. The fraction of sp³-hybridized carbons (Fsp3) is 0.273. The van der Waals surface area contributed by atoms with Gasteiger partial charge in [-0.25, -0.2) is 13.6 Å². The van der Waals surface area contributed by atoms with E-state index in [9.17, 15) is 18.4 Å². The van der Waals surface area contributed by atoms with Crippen LogP contribution < -0.4 is 0 Å². The maximum atomic E-state index is 12.9. The third-order valence-electron chi connectivity index (χ3n) is 2.02. The van der Waals surface area contributed by atoms with Crippen LogP contribution in [-0.2, 0) is 16.1 Å². The molecule has 0 spiro atoms. The lowest BCUT2D eigenvalue weighted by Crippen LogP contribution is -2.19. The highest BCUT2D eigenvalue weighted by Gasteiger charge is 2.22. The normalized spacial score (nSPS) is 10.1. The highest BCUT2D eigenvalue weighted by Crippen LogP contribution is 2.16. The topological polar surface area (TPSA) is 63.6 Å². The molecule has 6 heteroatoms. The monoisotopic (exact) mass is 244 g/mol. The van der Waals surface area contributed by atoms with Crippen LogP contribution in [0.5, 0.6) is 0 Å². The van der Waals surface area contributed by atoms with Crippen LogP contribution in [0.25, 0.3) is 0 Å². The first-order chi connectivity index (χ1) is 8.01. The lowest BCUT2D eigenvalue weighted by molar-refractivity contribution is -0.137. The number of esters is 1. The fourth-order valence-corrected chi connectivity index (χ4v) is 1.24. The van der Waals surface area contributed by atoms with Crippen LogP contribution in [0.4, 0.5) is 8.78 Å². The summed E-state index contributed by atoms with van der Waals surface area (Å²) in [6, 6.07) is 1.24. The Kier molecular flexibility index (Phi) is 4.28. The number of Topliss-reactive ketones (excluding diaryl/α,β-unsaturated/α-hetero) is 1. The van der Waals surface area contributed by atoms with Crippen molar-refractivity contribution in [2.45, 2.75) is 13.5 Å². The van der Waals surface area contributed by atoms with E-state index in [1.807, 2.05) is 0 Å². The number of benzene rings is 1. The van der Waals surface area contributed by atoms with E-state index in [2.05, 4.69) is 4.74 Å². The van der Waals surface area contributed by atoms with E-state index >= 15 is 0 Å². The molecule has 0 radical (unpaired) electrons. The Morgan fingerprint density at radius 3 is 2.41 bits per heavy atom. The largest absolute Gasteiger partial charge is 0.460 e. The number of ketones is 1. The van der Waals surface area contributed by atoms with E-state index in [1.54, 1.807) is 0 Å². The standard InChI is InChI=1S/C11H10F2O4/c1-2-17-11(16)10(15)7-4-9(13)8(12)3-6(7)5-14/h3-4,14H,2,5H2,1H3. The molecule has 0 unspecified atom stereocenters. The maximum Gasteiger partial charge on any atom is 0.379 e. The molecule has 0 aliphatic carbocycles. The van der Waals surface area contributed by atoms with E-state index in [0.717, 1.165) is 0 Å². The van der Waals surface area contributed by atoms with Crippen LogP contribution in [0.15, 0.2) is 12.1 Å². The highest BCUT2D eigenvalue weighted by atomic mass is 19.2. The summed E-state index contributed by atoms with van der Waals surface area (Å²) >= 11 is 0. The SMILES string of the molecule is CCOC(=O)C(=O)c1cc(F)c(F)cc1CO. The lowest BCUT2D eigenvalue weighted by Gasteiger charge is -2.06. The van der Waals surface area contributed by atoms with E-state index in [0.29, 0.717) is 12.1 Å². The van der Waals surface area contributed by atoms with Gasteiger partial charge in [0.25, 0.3) is 5.78 Å². The second-order valence-corrected chi connectivity index (χ2v) is 3.13. The van der Waals surface area contributed by atoms with Gasteiger partial charge in [-0.15, -0.1) is 0 Å². The third kappa shape index (κ3) is 2.85. The molecule has 0 heterocycles. The van der Waals surface area contributed by atoms with Gasteiger partial charge in [-0.2, -0.15) is 0 Å². The Balaban J connectivity index is 3.16. The van der Waals surface area contributed by atoms with Gasteiger partial charge in [0, 0.05) is 5.56 Å². The zero-order valence-electron chi connectivity index (χ0n) is 9.00. The summed E-state index contributed by atoms with van der Waals surface area (Å²) < 4.78 is 30.2. The number of ether oxygens (including phenoxy) is 1. The van der Waals surface area contributed by atoms with Crippen LogP contribution in [0, 0.1) is 11.6 Å². The molecule has 0 bridgehead atoms. The van der Waals surface area contributed by atoms with Gasteiger partial charge in [-0.3, -0.25) is 4.79 Å². The molecule has 92 valence electrons. The summed E-state index contributed by atoms with van der Waals surface area (Å²) in [5, 5.41) is 8.90. The van der Waals surface area contributed by atoms with E-state index in [4.69, 9.17) is 5.11 Å². The Morgan fingerprint density at radius 2 is 1.88 bits per heavy atom. The van der Waals surface area contributed by atoms with Gasteiger partial charge in [-0.1, -0.05) is 0 Å². The van der Waals surface area contributed by atoms with E-state index in [-0.39, 0.29) is 12.2 Å². The minimum absolute atomic E-state index is 0.0112. The third-order valence-corrected chi connectivity index (χ3v) is 2.02. The molecule has 0 aliphatic heterocycles. The van der Waals surface area contributed by atoms with E-state index in [1.165, 1.54) is 6.92 Å². The summed E-state index contributed by atoms with van der Waals surface area (Å²) in [5.74, 6) is -4.76. The molecule has 1 rings (SSSR count). The van der Waals surface area contributed by atoms with Crippen molar-refractivity contribution in [2.75, 3.05) is 6.61 Å². The van der Waals surface area contributed by atoms with Crippen LogP contribution in [0.1, 0.15) is 22.8 Å². The molecule has 17 heavy (non-hydrogen) atoms. The van der Waals surface area contributed by atoms with Crippen LogP contribution >= 0.6 is 0 Å². The van der Waals surface area contributed by atoms with Crippen molar-refractivity contribution in [1.29, 1.82) is 0 Å². The van der Waals surface area contributed by atoms with E-state index < -0.39 is 35.6 Å². The molecular weight excluding hydrogens is 234 g/mol.